The minimum absolute atomic E-state index is 0.0233. The Balaban J connectivity index is 1.48. The minimum Gasteiger partial charge on any atom is -0.340 e. The van der Waals surface area contributed by atoms with Gasteiger partial charge in [0.2, 0.25) is 5.91 Å². The van der Waals surface area contributed by atoms with Crippen LogP contribution in [0.4, 0.5) is 15.9 Å². The molecule has 2 aromatic heterocycles. The zero-order valence-electron chi connectivity index (χ0n) is 18.7. The van der Waals surface area contributed by atoms with Crippen molar-refractivity contribution in [1.29, 1.82) is 5.26 Å². The maximum absolute atomic E-state index is 13.5. The van der Waals surface area contributed by atoms with Crippen LogP contribution in [0.3, 0.4) is 0 Å². The number of hydrogen-bond donors (Lipinski definition) is 1. The SMILES string of the molecule is CCN(C/C=C/C(=O)N1CCc2c(sc3ncnc(Nc4ccc(F)c(Cl)c4)c23)C1)CCC#N. The summed E-state index contributed by atoms with van der Waals surface area (Å²) in [4.78, 5) is 27.5. The number of carbonyl (C=O) groups excluding carboxylic acids is 1. The summed E-state index contributed by atoms with van der Waals surface area (Å²) in [5.74, 6) is 0.142. The Kier molecular flexibility index (Phi) is 7.73. The highest BCUT2D eigenvalue weighted by atomic mass is 35.5. The number of fused-ring (bicyclic) bond motifs is 3. The molecular formula is C24H24ClFN6OS. The van der Waals surface area contributed by atoms with Crippen LogP contribution >= 0.6 is 22.9 Å². The molecule has 1 aliphatic rings. The van der Waals surface area contributed by atoms with Crippen LogP contribution < -0.4 is 5.32 Å². The van der Waals surface area contributed by atoms with Gasteiger partial charge in [0.1, 0.15) is 22.8 Å². The molecule has 0 bridgehead atoms. The second kappa shape index (κ2) is 10.9. The number of hydrogen-bond acceptors (Lipinski definition) is 7. The molecule has 3 aromatic rings. The molecule has 0 aliphatic carbocycles. The van der Waals surface area contributed by atoms with Crippen LogP contribution in [0, 0.1) is 17.1 Å². The van der Waals surface area contributed by atoms with Crippen molar-refractivity contribution in [1.82, 2.24) is 19.8 Å². The predicted octanol–water partition coefficient (Wildman–Crippen LogP) is 4.90. The van der Waals surface area contributed by atoms with Crippen LogP contribution in [-0.4, -0.2) is 51.9 Å². The van der Waals surface area contributed by atoms with Gasteiger partial charge in [0.25, 0.3) is 0 Å². The zero-order chi connectivity index (χ0) is 24.1. The van der Waals surface area contributed by atoms with Gasteiger partial charge in [-0.05, 0) is 36.7 Å². The fourth-order valence-corrected chi connectivity index (χ4v) is 5.30. The van der Waals surface area contributed by atoms with Crippen molar-refractivity contribution >= 4 is 50.6 Å². The average Bonchev–Trinajstić information content (AvgIpc) is 3.22. The molecule has 1 amide bonds. The molecule has 1 N–H and O–H groups in total. The van der Waals surface area contributed by atoms with Crippen LogP contribution in [0.15, 0.2) is 36.7 Å². The van der Waals surface area contributed by atoms with E-state index in [0.717, 1.165) is 27.2 Å². The number of likely N-dealkylation sites (N-methyl/N-ethyl adjacent to an activating group) is 1. The third-order valence-electron chi connectivity index (χ3n) is 5.74. The van der Waals surface area contributed by atoms with Crippen molar-refractivity contribution in [2.75, 3.05) is 31.5 Å². The summed E-state index contributed by atoms with van der Waals surface area (Å²) >= 11 is 7.48. The molecule has 0 atom stereocenters. The summed E-state index contributed by atoms with van der Waals surface area (Å²) in [5, 5.41) is 13.0. The smallest absolute Gasteiger partial charge is 0.246 e. The lowest BCUT2D eigenvalue weighted by atomic mass is 10.0. The Morgan fingerprint density at radius 3 is 3.06 bits per heavy atom. The first kappa shape index (κ1) is 24.1. The molecule has 3 heterocycles. The van der Waals surface area contributed by atoms with E-state index in [-0.39, 0.29) is 10.9 Å². The molecule has 34 heavy (non-hydrogen) atoms. The maximum Gasteiger partial charge on any atom is 0.246 e. The van der Waals surface area contributed by atoms with E-state index in [1.54, 1.807) is 23.5 Å². The lowest BCUT2D eigenvalue weighted by Crippen LogP contribution is -2.34. The number of benzene rings is 1. The van der Waals surface area contributed by atoms with E-state index in [1.807, 2.05) is 17.9 Å². The first-order chi connectivity index (χ1) is 16.5. The highest BCUT2D eigenvalue weighted by Gasteiger charge is 2.25. The van der Waals surface area contributed by atoms with Crippen LogP contribution in [-0.2, 0) is 17.8 Å². The first-order valence-electron chi connectivity index (χ1n) is 11.0. The van der Waals surface area contributed by atoms with Crippen molar-refractivity contribution in [3.05, 3.63) is 58.0 Å². The highest BCUT2D eigenvalue weighted by Crippen LogP contribution is 2.38. The van der Waals surface area contributed by atoms with Gasteiger partial charge in [-0.15, -0.1) is 11.3 Å². The summed E-state index contributed by atoms with van der Waals surface area (Å²) in [6.45, 7) is 5.33. The van der Waals surface area contributed by atoms with Gasteiger partial charge in [-0.2, -0.15) is 5.26 Å². The number of nitriles is 1. The van der Waals surface area contributed by atoms with Crippen molar-refractivity contribution in [2.24, 2.45) is 0 Å². The summed E-state index contributed by atoms with van der Waals surface area (Å²) in [6, 6.07) is 6.60. The Hall–Kier alpha value is -3.06. The fraction of sp³-hybridized carbons (Fsp3) is 0.333. The van der Waals surface area contributed by atoms with Crippen molar-refractivity contribution in [3.63, 3.8) is 0 Å². The largest absolute Gasteiger partial charge is 0.340 e. The molecule has 4 rings (SSSR count). The molecule has 0 fully saturated rings. The summed E-state index contributed by atoms with van der Waals surface area (Å²) in [5.41, 5.74) is 1.78. The van der Waals surface area contributed by atoms with Gasteiger partial charge >= 0.3 is 0 Å². The van der Waals surface area contributed by atoms with Crippen molar-refractivity contribution in [3.8, 4) is 6.07 Å². The molecule has 0 radical (unpaired) electrons. The molecule has 0 unspecified atom stereocenters. The first-order valence-corrected chi connectivity index (χ1v) is 12.2. The average molecular weight is 499 g/mol. The lowest BCUT2D eigenvalue weighted by Gasteiger charge is -2.26. The van der Waals surface area contributed by atoms with E-state index >= 15 is 0 Å². The molecule has 10 heteroatoms. The Morgan fingerprint density at radius 1 is 1.44 bits per heavy atom. The van der Waals surface area contributed by atoms with E-state index in [2.05, 4.69) is 26.3 Å². The number of halogens is 2. The molecule has 176 valence electrons. The van der Waals surface area contributed by atoms with Crippen molar-refractivity contribution in [2.45, 2.75) is 26.3 Å². The van der Waals surface area contributed by atoms with Gasteiger partial charge < -0.3 is 10.2 Å². The van der Waals surface area contributed by atoms with Crippen LogP contribution in [0.1, 0.15) is 23.8 Å². The minimum atomic E-state index is -0.476. The molecule has 0 spiro atoms. The van der Waals surface area contributed by atoms with E-state index in [9.17, 15) is 9.18 Å². The van der Waals surface area contributed by atoms with Gasteiger partial charge in [-0.25, -0.2) is 14.4 Å². The number of thiophene rings is 1. The molecular weight excluding hydrogens is 475 g/mol. The van der Waals surface area contributed by atoms with Crippen LogP contribution in [0.5, 0.6) is 0 Å². The fourth-order valence-electron chi connectivity index (χ4n) is 3.92. The number of carbonyl (C=O) groups is 1. The molecule has 0 saturated carbocycles. The van der Waals surface area contributed by atoms with Crippen molar-refractivity contribution < 1.29 is 9.18 Å². The van der Waals surface area contributed by atoms with Gasteiger partial charge in [0.05, 0.1) is 23.0 Å². The van der Waals surface area contributed by atoms with Crippen LogP contribution in [0.25, 0.3) is 10.2 Å². The maximum atomic E-state index is 13.5. The van der Waals surface area contributed by atoms with Gasteiger partial charge in [-0.1, -0.05) is 24.6 Å². The standard InChI is InChI=1S/C24H24ClFN6OS/c1-2-31(11-4-9-27)10-3-5-21(33)32-12-8-17-20(14-32)34-24-22(17)23(28-15-29-24)30-16-6-7-19(26)18(25)13-16/h3,5-7,13,15H,2,4,8,10-12,14H2,1H3,(H,28,29,30)/b5-3+. The number of anilines is 2. The van der Waals surface area contributed by atoms with Crippen LogP contribution in [0.2, 0.25) is 5.02 Å². The summed E-state index contributed by atoms with van der Waals surface area (Å²) in [7, 11) is 0. The molecule has 1 aromatic carbocycles. The lowest BCUT2D eigenvalue weighted by molar-refractivity contribution is -0.126. The third kappa shape index (κ3) is 5.36. The second-order valence-corrected chi connectivity index (χ2v) is 9.36. The second-order valence-electron chi connectivity index (χ2n) is 7.87. The van der Waals surface area contributed by atoms with Gasteiger partial charge in [0.15, 0.2) is 0 Å². The summed E-state index contributed by atoms with van der Waals surface area (Å²) in [6.07, 6.45) is 6.16. The van der Waals surface area contributed by atoms with Gasteiger partial charge in [-0.3, -0.25) is 9.69 Å². The van der Waals surface area contributed by atoms with E-state index in [0.29, 0.717) is 50.5 Å². The zero-order valence-corrected chi connectivity index (χ0v) is 20.3. The van der Waals surface area contributed by atoms with E-state index < -0.39 is 5.82 Å². The number of rotatable bonds is 8. The normalized spacial score (nSPS) is 13.4. The Bertz CT molecular complexity index is 1270. The quantitative estimate of drug-likeness (QED) is 0.444. The molecule has 0 saturated heterocycles. The number of nitrogens with zero attached hydrogens (tertiary/aromatic N) is 5. The Labute approximate surface area is 206 Å². The van der Waals surface area contributed by atoms with Gasteiger partial charge in [0, 0.05) is 42.7 Å². The van der Waals surface area contributed by atoms with E-state index in [1.165, 1.54) is 18.5 Å². The number of aromatic nitrogens is 2. The topological polar surface area (TPSA) is 85.2 Å². The highest BCUT2D eigenvalue weighted by molar-refractivity contribution is 7.19. The monoisotopic (exact) mass is 498 g/mol. The summed E-state index contributed by atoms with van der Waals surface area (Å²) < 4.78 is 13.5. The third-order valence-corrected chi connectivity index (χ3v) is 7.16. The number of amides is 1. The molecule has 7 nitrogen and oxygen atoms in total. The predicted molar refractivity (Wildman–Crippen MR) is 133 cm³/mol. The molecule has 1 aliphatic heterocycles. The van der Waals surface area contributed by atoms with E-state index in [4.69, 9.17) is 16.9 Å². The Morgan fingerprint density at radius 2 is 2.29 bits per heavy atom. The number of nitrogens with one attached hydrogen (secondary N) is 1.